The number of halogens is 1. The van der Waals surface area contributed by atoms with E-state index in [-0.39, 0.29) is 5.82 Å². The molecule has 0 spiro atoms. The van der Waals surface area contributed by atoms with E-state index < -0.39 is 6.10 Å². The number of ether oxygens (including phenoxy) is 2. The first-order valence-electron chi connectivity index (χ1n) is 12.0. The average molecular weight is 470 g/mol. The molecule has 0 aliphatic carbocycles. The molecule has 0 bridgehead atoms. The molecule has 7 heteroatoms. The smallest absolute Gasteiger partial charge is 0.227 e. The van der Waals surface area contributed by atoms with Gasteiger partial charge in [0.15, 0.2) is 0 Å². The maximum absolute atomic E-state index is 13.5. The largest absolute Gasteiger partial charge is 0.439 e. The highest BCUT2D eigenvalue weighted by Crippen LogP contribution is 2.32. The fourth-order valence-corrected chi connectivity index (χ4v) is 3.93. The fraction of sp³-hybridized carbons (Fsp3) is 0.444. The van der Waals surface area contributed by atoms with Crippen molar-refractivity contribution in [2.45, 2.75) is 46.8 Å². The molecule has 0 radical (unpaired) electrons. The molecule has 1 N–H and O–H groups in total. The Labute approximate surface area is 201 Å². The van der Waals surface area contributed by atoms with E-state index in [4.69, 9.17) is 14.6 Å². The molecule has 2 aromatic carbocycles. The van der Waals surface area contributed by atoms with Crippen LogP contribution in [0.2, 0.25) is 0 Å². The van der Waals surface area contributed by atoms with Crippen molar-refractivity contribution in [1.82, 2.24) is 14.7 Å². The van der Waals surface area contributed by atoms with Crippen molar-refractivity contribution in [3.05, 3.63) is 71.7 Å². The minimum Gasteiger partial charge on any atom is -0.439 e. The Hall–Kier alpha value is -2.74. The third-order valence-corrected chi connectivity index (χ3v) is 5.37. The summed E-state index contributed by atoms with van der Waals surface area (Å²) >= 11 is 0. The highest BCUT2D eigenvalue weighted by molar-refractivity contribution is 5.43. The predicted octanol–water partition coefficient (Wildman–Crippen LogP) is 5.22. The van der Waals surface area contributed by atoms with Gasteiger partial charge in [0.2, 0.25) is 5.88 Å². The van der Waals surface area contributed by atoms with Gasteiger partial charge in [-0.25, -0.2) is 9.07 Å². The summed E-state index contributed by atoms with van der Waals surface area (Å²) in [6, 6.07) is 15.8. The molecule has 34 heavy (non-hydrogen) atoms. The van der Waals surface area contributed by atoms with Crippen molar-refractivity contribution >= 4 is 0 Å². The minimum absolute atomic E-state index is 0.300. The van der Waals surface area contributed by atoms with Crippen molar-refractivity contribution in [3.63, 3.8) is 0 Å². The molecule has 3 aromatic rings. The van der Waals surface area contributed by atoms with E-state index in [1.54, 1.807) is 12.1 Å². The third kappa shape index (κ3) is 7.13. The molecule has 0 aliphatic heterocycles. The van der Waals surface area contributed by atoms with Crippen LogP contribution in [0, 0.1) is 11.7 Å². The number of aromatic nitrogens is 2. The van der Waals surface area contributed by atoms with Crippen molar-refractivity contribution in [3.8, 4) is 17.3 Å². The number of hydrogen-bond acceptors (Lipinski definition) is 5. The van der Waals surface area contributed by atoms with Crippen LogP contribution in [0.4, 0.5) is 4.39 Å². The summed E-state index contributed by atoms with van der Waals surface area (Å²) in [4.78, 5) is 2.22. The van der Waals surface area contributed by atoms with Crippen LogP contribution in [0.3, 0.4) is 0 Å². The molecule has 0 saturated carbocycles. The number of aliphatic hydroxyl groups is 1. The van der Waals surface area contributed by atoms with Gasteiger partial charge >= 0.3 is 0 Å². The minimum atomic E-state index is -0.589. The number of aryl methyl sites for hydroxylation is 1. The van der Waals surface area contributed by atoms with E-state index >= 15 is 0 Å². The van der Waals surface area contributed by atoms with E-state index in [1.165, 1.54) is 12.1 Å². The Morgan fingerprint density at radius 2 is 1.74 bits per heavy atom. The quantitative estimate of drug-likeness (QED) is 0.372. The lowest BCUT2D eigenvalue weighted by atomic mass is 10.1. The molecule has 0 aliphatic rings. The summed E-state index contributed by atoms with van der Waals surface area (Å²) in [6.45, 7) is 11.0. The van der Waals surface area contributed by atoms with Crippen molar-refractivity contribution in [2.24, 2.45) is 5.92 Å². The van der Waals surface area contributed by atoms with Crippen molar-refractivity contribution in [1.29, 1.82) is 0 Å². The van der Waals surface area contributed by atoms with Gasteiger partial charge in [0, 0.05) is 26.2 Å². The van der Waals surface area contributed by atoms with Gasteiger partial charge in [-0.15, -0.1) is 0 Å². The van der Waals surface area contributed by atoms with Gasteiger partial charge in [-0.3, -0.25) is 4.90 Å². The summed E-state index contributed by atoms with van der Waals surface area (Å²) < 4.78 is 27.1. The molecule has 184 valence electrons. The van der Waals surface area contributed by atoms with E-state index in [0.717, 1.165) is 29.9 Å². The summed E-state index contributed by atoms with van der Waals surface area (Å²) in [5.74, 6) is 1.23. The number of rotatable bonds is 13. The molecule has 0 amide bonds. The first kappa shape index (κ1) is 25.9. The zero-order valence-corrected chi connectivity index (χ0v) is 20.6. The second-order valence-corrected chi connectivity index (χ2v) is 8.79. The molecule has 0 fully saturated rings. The van der Waals surface area contributed by atoms with Gasteiger partial charge in [0.05, 0.1) is 29.7 Å². The highest BCUT2D eigenvalue weighted by Gasteiger charge is 2.24. The number of hydrogen-bond donors (Lipinski definition) is 1. The molecule has 1 unspecified atom stereocenters. The zero-order valence-electron chi connectivity index (χ0n) is 20.6. The van der Waals surface area contributed by atoms with Crippen LogP contribution in [-0.4, -0.2) is 52.2 Å². The first-order valence-corrected chi connectivity index (χ1v) is 12.0. The van der Waals surface area contributed by atoms with E-state index in [9.17, 15) is 9.50 Å². The Bertz CT molecular complexity index is 1010. The molecular weight excluding hydrogens is 433 g/mol. The Kier molecular flexibility index (Phi) is 9.62. The molecule has 1 heterocycles. The predicted molar refractivity (Wildman–Crippen MR) is 132 cm³/mol. The second-order valence-electron chi connectivity index (χ2n) is 8.79. The van der Waals surface area contributed by atoms with Crippen LogP contribution in [0.1, 0.15) is 39.0 Å². The summed E-state index contributed by atoms with van der Waals surface area (Å²) in [5, 5.41) is 15.4. The number of aliphatic hydroxyl groups excluding tert-OH is 1. The Morgan fingerprint density at radius 1 is 1.03 bits per heavy atom. The fourth-order valence-electron chi connectivity index (χ4n) is 3.93. The van der Waals surface area contributed by atoms with E-state index in [0.29, 0.717) is 43.9 Å². The van der Waals surface area contributed by atoms with E-state index in [2.05, 4.69) is 25.7 Å². The lowest BCUT2D eigenvalue weighted by Crippen LogP contribution is -2.37. The van der Waals surface area contributed by atoms with Crippen molar-refractivity contribution < 1.29 is 19.0 Å². The van der Waals surface area contributed by atoms with Crippen LogP contribution in [0.25, 0.3) is 5.69 Å². The number of nitrogens with zero attached hydrogens (tertiary/aromatic N) is 3. The van der Waals surface area contributed by atoms with Gasteiger partial charge in [-0.05, 0) is 55.7 Å². The Morgan fingerprint density at radius 3 is 2.35 bits per heavy atom. The van der Waals surface area contributed by atoms with Crippen LogP contribution in [-0.2, 0) is 17.7 Å². The first-order chi connectivity index (χ1) is 16.4. The van der Waals surface area contributed by atoms with Crippen molar-refractivity contribution in [2.75, 3.05) is 26.3 Å². The summed E-state index contributed by atoms with van der Waals surface area (Å²) in [7, 11) is 0. The van der Waals surface area contributed by atoms with Crippen LogP contribution in [0.15, 0.2) is 54.6 Å². The van der Waals surface area contributed by atoms with Gasteiger partial charge in [-0.2, -0.15) is 5.10 Å². The maximum Gasteiger partial charge on any atom is 0.227 e. The van der Waals surface area contributed by atoms with Gasteiger partial charge in [0.25, 0.3) is 0 Å². The highest BCUT2D eigenvalue weighted by atomic mass is 19.1. The van der Waals surface area contributed by atoms with Gasteiger partial charge in [0.1, 0.15) is 11.6 Å². The van der Waals surface area contributed by atoms with Crippen LogP contribution >= 0.6 is 0 Å². The third-order valence-electron chi connectivity index (χ3n) is 5.37. The monoisotopic (exact) mass is 469 g/mol. The average Bonchev–Trinajstić information content (AvgIpc) is 3.16. The summed E-state index contributed by atoms with van der Waals surface area (Å²) in [6.07, 6.45) is 0.140. The topological polar surface area (TPSA) is 59.8 Å². The molecule has 3 rings (SSSR count). The lowest BCUT2D eigenvalue weighted by Gasteiger charge is -2.27. The lowest BCUT2D eigenvalue weighted by molar-refractivity contribution is 0.0173. The SMILES string of the molecule is CCOCC(O)CN(Cc1c(CC)nn(-c2ccccc2)c1Oc1ccc(F)cc1)CC(C)C. The molecule has 6 nitrogen and oxygen atoms in total. The molecule has 1 aromatic heterocycles. The van der Waals surface area contributed by atoms with Crippen LogP contribution < -0.4 is 4.74 Å². The standard InChI is InChI=1S/C27H36FN3O3/c1-5-26-25(18-30(16-20(3)4)17-23(32)19-33-6-2)27(34-24-14-12-21(28)13-15-24)31(29-26)22-10-8-7-9-11-22/h7-15,20,23,32H,5-6,16-19H2,1-4H3. The van der Waals surface area contributed by atoms with Crippen LogP contribution in [0.5, 0.6) is 11.6 Å². The molecular formula is C27H36FN3O3. The summed E-state index contributed by atoms with van der Waals surface area (Å²) in [5.41, 5.74) is 2.77. The number of para-hydroxylation sites is 1. The second kappa shape index (κ2) is 12.6. The normalized spacial score (nSPS) is 12.5. The van der Waals surface area contributed by atoms with Gasteiger partial charge in [-0.1, -0.05) is 39.0 Å². The number of benzene rings is 2. The maximum atomic E-state index is 13.5. The van der Waals surface area contributed by atoms with Gasteiger partial charge < -0.3 is 14.6 Å². The zero-order chi connectivity index (χ0) is 24.5. The van der Waals surface area contributed by atoms with E-state index in [1.807, 2.05) is 41.9 Å². The molecule has 0 saturated heterocycles. The Balaban J connectivity index is 2.00. The molecule has 1 atom stereocenters.